The Morgan fingerprint density at radius 2 is 2.04 bits per heavy atom. The highest BCUT2D eigenvalue weighted by atomic mass is 32.2. The zero-order chi connectivity index (χ0) is 17.5. The molecule has 9 heteroatoms. The van der Waals surface area contributed by atoms with Gasteiger partial charge in [-0.05, 0) is 37.7 Å². The second-order valence-electron chi connectivity index (χ2n) is 6.07. The van der Waals surface area contributed by atoms with E-state index in [-0.39, 0.29) is 5.91 Å². The standard InChI is InChI=1S/C15H20N2O5S2/c1-22-15(19)12-9-5-3-7-11(9)23-14(12)16-13(18)10-6-4-8-17(10)24(2,20)21/h10H,3-8H2,1-2H3,(H,16,18). The Kier molecular flexibility index (Phi) is 4.67. The van der Waals surface area contributed by atoms with Crippen LogP contribution in [-0.4, -0.2) is 50.6 Å². The number of sulfonamides is 1. The lowest BCUT2D eigenvalue weighted by Crippen LogP contribution is -2.42. The van der Waals surface area contributed by atoms with Gasteiger partial charge in [-0.15, -0.1) is 11.3 Å². The number of carbonyl (C=O) groups is 2. The number of hydrogen-bond acceptors (Lipinski definition) is 6. The molecule has 0 radical (unpaired) electrons. The van der Waals surface area contributed by atoms with Gasteiger partial charge < -0.3 is 10.1 Å². The van der Waals surface area contributed by atoms with Gasteiger partial charge in [0.15, 0.2) is 0 Å². The predicted molar refractivity (Wildman–Crippen MR) is 90.9 cm³/mol. The fourth-order valence-electron chi connectivity index (χ4n) is 3.40. The lowest BCUT2D eigenvalue weighted by molar-refractivity contribution is -0.119. The molecule has 132 valence electrons. The maximum Gasteiger partial charge on any atom is 0.341 e. The number of methoxy groups -OCH3 is 1. The van der Waals surface area contributed by atoms with Gasteiger partial charge in [-0.1, -0.05) is 0 Å². The van der Waals surface area contributed by atoms with Gasteiger partial charge >= 0.3 is 5.97 Å². The molecular formula is C15H20N2O5S2. The largest absolute Gasteiger partial charge is 0.465 e. The van der Waals surface area contributed by atoms with Crippen LogP contribution in [0.4, 0.5) is 5.00 Å². The minimum atomic E-state index is -3.43. The molecule has 1 atom stereocenters. The Labute approximate surface area is 145 Å². The van der Waals surface area contributed by atoms with Gasteiger partial charge in [0, 0.05) is 11.4 Å². The van der Waals surface area contributed by atoms with E-state index in [2.05, 4.69) is 5.32 Å². The van der Waals surface area contributed by atoms with Crippen molar-refractivity contribution in [1.29, 1.82) is 0 Å². The number of thiophene rings is 1. The van der Waals surface area contributed by atoms with Gasteiger partial charge in [-0.3, -0.25) is 4.79 Å². The van der Waals surface area contributed by atoms with Crippen LogP contribution in [0, 0.1) is 0 Å². The van der Waals surface area contributed by atoms with Gasteiger partial charge in [-0.25, -0.2) is 13.2 Å². The smallest absolute Gasteiger partial charge is 0.341 e. The molecule has 7 nitrogen and oxygen atoms in total. The Morgan fingerprint density at radius 3 is 2.71 bits per heavy atom. The van der Waals surface area contributed by atoms with Crippen LogP contribution in [0.3, 0.4) is 0 Å². The summed E-state index contributed by atoms with van der Waals surface area (Å²) in [6, 6.07) is -0.720. The molecule has 1 aliphatic carbocycles. The minimum Gasteiger partial charge on any atom is -0.465 e. The molecule has 1 aromatic rings. The topological polar surface area (TPSA) is 92.8 Å². The van der Waals surface area contributed by atoms with E-state index in [0.29, 0.717) is 30.0 Å². The first-order chi connectivity index (χ1) is 11.3. The highest BCUT2D eigenvalue weighted by Crippen LogP contribution is 2.39. The van der Waals surface area contributed by atoms with E-state index in [9.17, 15) is 18.0 Å². The molecule has 1 aromatic heterocycles. The maximum absolute atomic E-state index is 12.6. The summed E-state index contributed by atoms with van der Waals surface area (Å²) in [7, 11) is -2.12. The van der Waals surface area contributed by atoms with E-state index >= 15 is 0 Å². The minimum absolute atomic E-state index is 0.349. The van der Waals surface area contributed by atoms with Crippen molar-refractivity contribution in [3.63, 3.8) is 0 Å². The second kappa shape index (κ2) is 6.45. The average Bonchev–Trinajstić information content (AvgIpc) is 3.20. The fraction of sp³-hybridized carbons (Fsp3) is 0.600. The summed E-state index contributed by atoms with van der Waals surface area (Å²) in [5, 5.41) is 3.24. The van der Waals surface area contributed by atoms with E-state index in [1.54, 1.807) is 0 Å². The summed E-state index contributed by atoms with van der Waals surface area (Å²) in [4.78, 5) is 25.8. The molecule has 0 bridgehead atoms. The van der Waals surface area contributed by atoms with Crippen LogP contribution in [0.15, 0.2) is 0 Å². The Morgan fingerprint density at radius 1 is 1.29 bits per heavy atom. The molecule has 2 aliphatic rings. The van der Waals surface area contributed by atoms with Gasteiger partial charge in [0.1, 0.15) is 11.0 Å². The molecule has 0 saturated carbocycles. The highest BCUT2D eigenvalue weighted by Gasteiger charge is 2.37. The van der Waals surface area contributed by atoms with Crippen LogP contribution in [-0.2, 0) is 32.4 Å². The van der Waals surface area contributed by atoms with E-state index in [0.717, 1.165) is 36.0 Å². The van der Waals surface area contributed by atoms with Crippen molar-refractivity contribution >= 4 is 38.2 Å². The first-order valence-corrected chi connectivity index (χ1v) is 10.5. The number of rotatable bonds is 4. The van der Waals surface area contributed by atoms with E-state index in [4.69, 9.17) is 4.74 Å². The van der Waals surface area contributed by atoms with Crippen molar-refractivity contribution in [1.82, 2.24) is 4.31 Å². The van der Waals surface area contributed by atoms with Crippen LogP contribution in [0.2, 0.25) is 0 Å². The molecule has 0 spiro atoms. The quantitative estimate of drug-likeness (QED) is 0.806. The van der Waals surface area contributed by atoms with Crippen molar-refractivity contribution in [2.45, 2.75) is 38.1 Å². The Hall–Kier alpha value is -1.45. The van der Waals surface area contributed by atoms with Crippen molar-refractivity contribution < 1.29 is 22.7 Å². The van der Waals surface area contributed by atoms with Crippen molar-refractivity contribution in [3.8, 4) is 0 Å². The van der Waals surface area contributed by atoms with Gasteiger partial charge in [0.25, 0.3) is 0 Å². The summed E-state index contributed by atoms with van der Waals surface area (Å²) in [6.07, 6.45) is 4.92. The van der Waals surface area contributed by atoms with Crippen LogP contribution < -0.4 is 5.32 Å². The number of esters is 1. The lowest BCUT2D eigenvalue weighted by Gasteiger charge is -2.21. The SMILES string of the molecule is COC(=O)c1c(NC(=O)C2CCCN2S(C)(=O)=O)sc2c1CCC2. The molecule has 1 unspecified atom stereocenters. The van der Waals surface area contributed by atoms with Crippen molar-refractivity contribution in [2.24, 2.45) is 0 Å². The zero-order valence-corrected chi connectivity index (χ0v) is 15.3. The molecule has 1 N–H and O–H groups in total. The summed E-state index contributed by atoms with van der Waals surface area (Å²) < 4.78 is 29.7. The number of ether oxygens (including phenoxy) is 1. The predicted octanol–water partition coefficient (Wildman–Crippen LogP) is 1.39. The normalized spacial score (nSPS) is 20.8. The maximum atomic E-state index is 12.6. The number of aryl methyl sites for hydroxylation is 1. The molecular weight excluding hydrogens is 352 g/mol. The number of fused-ring (bicyclic) bond motifs is 1. The summed E-state index contributed by atoms with van der Waals surface area (Å²) in [6.45, 7) is 0.349. The van der Waals surface area contributed by atoms with Crippen LogP contribution in [0.5, 0.6) is 0 Å². The van der Waals surface area contributed by atoms with E-state index < -0.39 is 22.0 Å². The number of nitrogens with zero attached hydrogens (tertiary/aromatic N) is 1. The number of anilines is 1. The van der Waals surface area contributed by atoms with Gasteiger partial charge in [0.05, 0.1) is 18.9 Å². The fourth-order valence-corrected chi connectivity index (χ4v) is 5.81. The van der Waals surface area contributed by atoms with Crippen LogP contribution >= 0.6 is 11.3 Å². The lowest BCUT2D eigenvalue weighted by atomic mass is 10.1. The third-order valence-electron chi connectivity index (χ3n) is 4.48. The third kappa shape index (κ3) is 3.07. The Balaban J connectivity index is 1.86. The van der Waals surface area contributed by atoms with Gasteiger partial charge in [-0.2, -0.15) is 4.31 Å². The average molecular weight is 372 g/mol. The first kappa shape index (κ1) is 17.4. The van der Waals surface area contributed by atoms with Crippen molar-refractivity contribution in [3.05, 3.63) is 16.0 Å². The molecule has 3 rings (SSSR count). The molecule has 1 fully saturated rings. The first-order valence-electron chi connectivity index (χ1n) is 7.83. The van der Waals surface area contributed by atoms with E-state index in [1.165, 1.54) is 22.8 Å². The monoisotopic (exact) mass is 372 g/mol. The number of hydrogen-bond donors (Lipinski definition) is 1. The third-order valence-corrected chi connectivity index (χ3v) is 6.98. The number of amides is 1. The summed E-state index contributed by atoms with van der Waals surface area (Å²) >= 11 is 1.39. The summed E-state index contributed by atoms with van der Waals surface area (Å²) in [5.74, 6) is -0.848. The number of nitrogens with one attached hydrogen (secondary N) is 1. The van der Waals surface area contributed by atoms with Crippen LogP contribution in [0.1, 0.15) is 40.1 Å². The molecule has 1 saturated heterocycles. The molecule has 0 aromatic carbocycles. The number of carbonyl (C=O) groups excluding carboxylic acids is 2. The van der Waals surface area contributed by atoms with Crippen LogP contribution in [0.25, 0.3) is 0 Å². The zero-order valence-electron chi connectivity index (χ0n) is 13.6. The second-order valence-corrected chi connectivity index (χ2v) is 9.11. The van der Waals surface area contributed by atoms with Gasteiger partial charge in [0.2, 0.25) is 15.9 Å². The molecule has 2 heterocycles. The van der Waals surface area contributed by atoms with E-state index in [1.807, 2.05) is 0 Å². The molecule has 1 aliphatic heterocycles. The summed E-state index contributed by atoms with van der Waals surface area (Å²) in [5.41, 5.74) is 1.38. The Bertz CT molecular complexity index is 784. The van der Waals surface area contributed by atoms with Crippen molar-refractivity contribution in [2.75, 3.05) is 25.2 Å². The highest BCUT2D eigenvalue weighted by molar-refractivity contribution is 7.88. The molecule has 24 heavy (non-hydrogen) atoms. The molecule has 1 amide bonds.